The second-order valence-electron chi connectivity index (χ2n) is 8.32. The van der Waals surface area contributed by atoms with E-state index in [1.54, 1.807) is 48.5 Å². The third-order valence-electron chi connectivity index (χ3n) is 5.59. The lowest BCUT2D eigenvalue weighted by atomic mass is 10.1. The number of hydrogen-bond donors (Lipinski definition) is 2. The number of methoxy groups -OCH3 is 1. The summed E-state index contributed by atoms with van der Waals surface area (Å²) in [6.07, 6.45) is 1.52. The number of hydrogen-bond acceptors (Lipinski definition) is 6. The van der Waals surface area contributed by atoms with Crippen LogP contribution in [0.15, 0.2) is 101 Å². The van der Waals surface area contributed by atoms with E-state index in [9.17, 15) is 9.59 Å². The maximum Gasteiger partial charge on any atom is 0.335 e. The summed E-state index contributed by atoms with van der Waals surface area (Å²) in [6, 6.07) is 26.6. The van der Waals surface area contributed by atoms with Crippen molar-refractivity contribution in [3.05, 3.63) is 123 Å². The van der Waals surface area contributed by atoms with Crippen LogP contribution in [0.1, 0.15) is 37.4 Å². The number of nitrogens with one attached hydrogen (secondary N) is 1. The van der Waals surface area contributed by atoms with Crippen molar-refractivity contribution in [1.82, 2.24) is 5.43 Å². The molecule has 0 bridgehead atoms. The first-order chi connectivity index (χ1) is 18.9. The van der Waals surface area contributed by atoms with Crippen LogP contribution in [0.2, 0.25) is 0 Å². The van der Waals surface area contributed by atoms with Crippen LogP contribution in [-0.4, -0.2) is 30.3 Å². The predicted octanol–water partition coefficient (Wildman–Crippen LogP) is 6.08. The minimum absolute atomic E-state index is 0.222. The van der Waals surface area contributed by atoms with Crippen molar-refractivity contribution in [1.29, 1.82) is 0 Å². The first-order valence-corrected chi connectivity index (χ1v) is 12.6. The molecule has 0 fully saturated rings. The molecule has 0 saturated heterocycles. The van der Waals surface area contributed by atoms with Crippen LogP contribution in [-0.2, 0) is 13.2 Å². The summed E-state index contributed by atoms with van der Waals surface area (Å²) in [5.74, 6) is 0.221. The molecule has 0 aromatic heterocycles. The van der Waals surface area contributed by atoms with Gasteiger partial charge in [-0.25, -0.2) is 10.2 Å². The van der Waals surface area contributed by atoms with Gasteiger partial charge in [0, 0.05) is 5.56 Å². The summed E-state index contributed by atoms with van der Waals surface area (Å²) < 4.78 is 17.8. The molecule has 4 aromatic rings. The van der Waals surface area contributed by atoms with Crippen LogP contribution < -0.4 is 19.6 Å². The van der Waals surface area contributed by atoms with Gasteiger partial charge in [-0.05, 0) is 81.2 Å². The quantitative estimate of drug-likeness (QED) is 0.162. The molecule has 0 aliphatic carbocycles. The molecule has 39 heavy (non-hydrogen) atoms. The smallest absolute Gasteiger partial charge is 0.335 e. The Kier molecular flexibility index (Phi) is 9.31. The number of carbonyl (C=O) groups excluding carboxylic acids is 1. The van der Waals surface area contributed by atoms with Crippen LogP contribution in [0.5, 0.6) is 17.2 Å². The summed E-state index contributed by atoms with van der Waals surface area (Å²) in [5.41, 5.74) is 5.71. The minimum atomic E-state index is -0.972. The molecule has 0 saturated carbocycles. The van der Waals surface area contributed by atoms with E-state index in [0.29, 0.717) is 33.9 Å². The maximum absolute atomic E-state index is 12.6. The Bertz CT molecular complexity index is 1470. The van der Waals surface area contributed by atoms with Gasteiger partial charge in [-0.2, -0.15) is 5.10 Å². The number of nitrogens with zero attached hydrogens (tertiary/aromatic N) is 1. The normalized spacial score (nSPS) is 10.7. The fourth-order valence-corrected chi connectivity index (χ4v) is 4.02. The molecule has 0 unspecified atom stereocenters. The second kappa shape index (κ2) is 13.3. The number of benzene rings is 4. The highest BCUT2D eigenvalue weighted by Crippen LogP contribution is 2.29. The Labute approximate surface area is 234 Å². The van der Waals surface area contributed by atoms with E-state index in [2.05, 4.69) is 26.5 Å². The van der Waals surface area contributed by atoms with E-state index >= 15 is 0 Å². The van der Waals surface area contributed by atoms with E-state index < -0.39 is 11.9 Å². The second-order valence-corrected chi connectivity index (χ2v) is 9.17. The fraction of sp³-hybridized carbons (Fsp3) is 0.100. The number of carbonyl (C=O) groups is 2. The Morgan fingerprint density at radius 3 is 2.13 bits per heavy atom. The van der Waals surface area contributed by atoms with Crippen molar-refractivity contribution in [2.75, 3.05) is 7.11 Å². The van der Waals surface area contributed by atoms with E-state index in [-0.39, 0.29) is 12.2 Å². The Hall–Kier alpha value is -4.63. The molecular weight excluding hydrogens is 564 g/mol. The van der Waals surface area contributed by atoms with E-state index in [1.807, 2.05) is 30.3 Å². The van der Waals surface area contributed by atoms with Crippen molar-refractivity contribution in [2.45, 2.75) is 13.2 Å². The average Bonchev–Trinajstić information content (AvgIpc) is 2.96. The van der Waals surface area contributed by atoms with Crippen molar-refractivity contribution in [3.63, 3.8) is 0 Å². The van der Waals surface area contributed by atoms with Crippen molar-refractivity contribution in [2.24, 2.45) is 5.10 Å². The van der Waals surface area contributed by atoms with Crippen LogP contribution in [0.25, 0.3) is 0 Å². The van der Waals surface area contributed by atoms with Gasteiger partial charge in [0.2, 0.25) is 0 Å². The molecule has 0 atom stereocenters. The van der Waals surface area contributed by atoms with Crippen LogP contribution in [0.3, 0.4) is 0 Å². The Morgan fingerprint density at radius 1 is 0.821 bits per heavy atom. The van der Waals surface area contributed by atoms with Gasteiger partial charge >= 0.3 is 5.97 Å². The molecule has 4 rings (SSSR count). The van der Waals surface area contributed by atoms with Gasteiger partial charge in [-0.3, -0.25) is 4.79 Å². The maximum atomic E-state index is 12.6. The SMILES string of the molecule is COc1cc(C(=O)N/N=C/c2ccc(OCc3ccc(C(=O)O)cc3)c(Br)c2)ccc1OCc1ccccc1. The van der Waals surface area contributed by atoms with Gasteiger partial charge in [0.15, 0.2) is 11.5 Å². The Balaban J connectivity index is 1.31. The molecule has 198 valence electrons. The number of aromatic carboxylic acids is 1. The standard InChI is InChI=1S/C30H25BrN2O6/c1-37-28-16-24(12-14-27(28)39-18-20-5-3-2-4-6-20)29(34)33-32-17-22-9-13-26(25(31)15-22)38-19-21-7-10-23(11-8-21)30(35)36/h2-17H,18-19H2,1H3,(H,33,34)(H,35,36)/b32-17+. The molecule has 2 N–H and O–H groups in total. The van der Waals surface area contributed by atoms with Gasteiger partial charge in [0.1, 0.15) is 19.0 Å². The van der Waals surface area contributed by atoms with Crippen LogP contribution >= 0.6 is 15.9 Å². The molecule has 0 heterocycles. The number of amides is 1. The summed E-state index contributed by atoms with van der Waals surface area (Å²) in [7, 11) is 1.52. The van der Waals surface area contributed by atoms with E-state index in [4.69, 9.17) is 19.3 Å². The number of carboxylic acids is 1. The first-order valence-electron chi connectivity index (χ1n) is 11.9. The van der Waals surface area contributed by atoms with Crippen LogP contribution in [0, 0.1) is 0 Å². The summed E-state index contributed by atoms with van der Waals surface area (Å²) in [6.45, 7) is 0.661. The molecule has 1 amide bonds. The van der Waals surface area contributed by atoms with Gasteiger partial charge in [0.05, 0.1) is 23.4 Å². The summed E-state index contributed by atoms with van der Waals surface area (Å²) >= 11 is 3.48. The first kappa shape index (κ1) is 27.4. The lowest BCUT2D eigenvalue weighted by Crippen LogP contribution is -2.17. The monoisotopic (exact) mass is 588 g/mol. The third-order valence-corrected chi connectivity index (χ3v) is 6.21. The number of halogens is 1. The number of hydrazone groups is 1. The van der Waals surface area contributed by atoms with Crippen molar-refractivity contribution < 1.29 is 28.9 Å². The molecule has 0 aliphatic rings. The summed E-state index contributed by atoms with van der Waals surface area (Å²) in [4.78, 5) is 23.6. The lowest BCUT2D eigenvalue weighted by molar-refractivity contribution is 0.0696. The Morgan fingerprint density at radius 2 is 1.46 bits per heavy atom. The topological polar surface area (TPSA) is 106 Å². The molecule has 0 spiro atoms. The van der Waals surface area contributed by atoms with Crippen LogP contribution in [0.4, 0.5) is 0 Å². The minimum Gasteiger partial charge on any atom is -0.493 e. The number of carboxylic acid groups (broad SMARTS) is 1. The van der Waals surface area contributed by atoms with Gasteiger partial charge in [-0.15, -0.1) is 0 Å². The summed E-state index contributed by atoms with van der Waals surface area (Å²) in [5, 5.41) is 13.0. The zero-order valence-corrected chi connectivity index (χ0v) is 22.6. The molecule has 0 aliphatic heterocycles. The predicted molar refractivity (Wildman–Crippen MR) is 151 cm³/mol. The molecule has 8 nitrogen and oxygen atoms in total. The van der Waals surface area contributed by atoms with Crippen molar-refractivity contribution in [3.8, 4) is 17.2 Å². The molecular formula is C30H25BrN2O6. The fourth-order valence-electron chi connectivity index (χ4n) is 3.51. The number of ether oxygens (including phenoxy) is 3. The highest BCUT2D eigenvalue weighted by molar-refractivity contribution is 9.10. The molecule has 4 aromatic carbocycles. The highest BCUT2D eigenvalue weighted by Gasteiger charge is 2.11. The highest BCUT2D eigenvalue weighted by atomic mass is 79.9. The molecule has 0 radical (unpaired) electrons. The third kappa shape index (κ3) is 7.68. The average molecular weight is 589 g/mol. The van der Waals surface area contributed by atoms with Gasteiger partial charge in [0.25, 0.3) is 5.91 Å². The lowest BCUT2D eigenvalue weighted by Gasteiger charge is -2.12. The van der Waals surface area contributed by atoms with Gasteiger partial charge in [-0.1, -0.05) is 42.5 Å². The van der Waals surface area contributed by atoms with E-state index in [0.717, 1.165) is 16.7 Å². The largest absolute Gasteiger partial charge is 0.493 e. The number of rotatable bonds is 11. The van der Waals surface area contributed by atoms with Gasteiger partial charge < -0.3 is 19.3 Å². The zero-order valence-electron chi connectivity index (χ0n) is 21.0. The zero-order chi connectivity index (χ0) is 27.6. The van der Waals surface area contributed by atoms with Crippen molar-refractivity contribution >= 4 is 34.0 Å². The molecule has 9 heteroatoms. The van der Waals surface area contributed by atoms with E-state index in [1.165, 1.54) is 25.5 Å².